The van der Waals surface area contributed by atoms with Gasteiger partial charge >= 0.3 is 0 Å². The van der Waals surface area contributed by atoms with Crippen molar-refractivity contribution in [1.82, 2.24) is 10.6 Å². The third kappa shape index (κ3) is 3.76. The summed E-state index contributed by atoms with van der Waals surface area (Å²) in [6.07, 6.45) is 2.27. The molecule has 1 aromatic rings. The van der Waals surface area contributed by atoms with E-state index in [9.17, 15) is 9.18 Å². The molecule has 2 unspecified atom stereocenters. The first-order valence-electron chi connectivity index (χ1n) is 6.54. The molecule has 0 aromatic heterocycles. The first-order chi connectivity index (χ1) is 9.08. The summed E-state index contributed by atoms with van der Waals surface area (Å²) in [6.45, 7) is 4.02. The number of carbonyl (C=O) groups is 1. The average Bonchev–Trinajstić information content (AvgIpc) is 2.42. The van der Waals surface area contributed by atoms with Gasteiger partial charge in [-0.25, -0.2) is 4.39 Å². The molecule has 104 valence electrons. The minimum absolute atomic E-state index is 0.115. The Morgan fingerprint density at radius 3 is 3.00 bits per heavy atom. The maximum absolute atomic E-state index is 13.1. The van der Waals surface area contributed by atoms with Crippen molar-refractivity contribution in [3.63, 3.8) is 0 Å². The van der Waals surface area contributed by atoms with E-state index >= 15 is 0 Å². The van der Waals surface area contributed by atoms with Crippen LogP contribution in [0, 0.1) is 11.7 Å². The zero-order valence-corrected chi connectivity index (χ0v) is 12.5. The van der Waals surface area contributed by atoms with E-state index in [4.69, 9.17) is 0 Å². The highest BCUT2D eigenvalue weighted by molar-refractivity contribution is 9.10. The van der Waals surface area contributed by atoms with E-state index in [0.29, 0.717) is 16.0 Å². The van der Waals surface area contributed by atoms with E-state index in [-0.39, 0.29) is 17.8 Å². The Bertz CT molecular complexity index is 461. The predicted molar refractivity (Wildman–Crippen MR) is 76.6 cm³/mol. The molecule has 2 atom stereocenters. The lowest BCUT2D eigenvalue weighted by atomic mass is 9.92. The van der Waals surface area contributed by atoms with Crippen LogP contribution in [0.4, 0.5) is 4.39 Å². The topological polar surface area (TPSA) is 41.1 Å². The van der Waals surface area contributed by atoms with Crippen LogP contribution >= 0.6 is 15.9 Å². The second kappa shape index (κ2) is 6.48. The van der Waals surface area contributed by atoms with Gasteiger partial charge in [-0.3, -0.25) is 4.79 Å². The van der Waals surface area contributed by atoms with E-state index in [1.165, 1.54) is 18.2 Å². The summed E-state index contributed by atoms with van der Waals surface area (Å²) in [4.78, 5) is 12.1. The Kier molecular flexibility index (Phi) is 4.93. The minimum Gasteiger partial charge on any atom is -0.349 e. The second-order valence-electron chi connectivity index (χ2n) is 5.00. The van der Waals surface area contributed by atoms with Gasteiger partial charge in [0.2, 0.25) is 0 Å². The molecule has 1 saturated heterocycles. The molecule has 1 aliphatic heterocycles. The van der Waals surface area contributed by atoms with E-state index in [0.717, 1.165) is 25.9 Å². The SMILES string of the molecule is CC(NC(=O)c1ccc(F)c(Br)c1)C1CCCNC1. The first kappa shape index (κ1) is 14.5. The number of hydrogen-bond acceptors (Lipinski definition) is 2. The lowest BCUT2D eigenvalue weighted by Crippen LogP contribution is -2.44. The zero-order valence-electron chi connectivity index (χ0n) is 10.9. The minimum atomic E-state index is -0.360. The van der Waals surface area contributed by atoms with Crippen molar-refractivity contribution in [2.75, 3.05) is 13.1 Å². The standard InChI is InChI=1S/C14H18BrFN2O/c1-9(11-3-2-6-17-8-11)18-14(19)10-4-5-13(16)12(15)7-10/h4-5,7,9,11,17H,2-3,6,8H2,1H3,(H,18,19). The molecule has 1 aliphatic rings. The fourth-order valence-corrected chi connectivity index (χ4v) is 2.73. The number of nitrogens with one attached hydrogen (secondary N) is 2. The fourth-order valence-electron chi connectivity index (χ4n) is 2.35. The van der Waals surface area contributed by atoms with E-state index < -0.39 is 0 Å². The molecule has 0 saturated carbocycles. The molecule has 19 heavy (non-hydrogen) atoms. The lowest BCUT2D eigenvalue weighted by Gasteiger charge is -2.29. The highest BCUT2D eigenvalue weighted by Crippen LogP contribution is 2.18. The number of amides is 1. The van der Waals surface area contributed by atoms with Crippen LogP contribution < -0.4 is 10.6 Å². The van der Waals surface area contributed by atoms with Crippen molar-refractivity contribution in [2.45, 2.75) is 25.8 Å². The smallest absolute Gasteiger partial charge is 0.251 e. The molecule has 2 rings (SSSR count). The predicted octanol–water partition coefficient (Wildman–Crippen LogP) is 2.71. The molecule has 3 nitrogen and oxygen atoms in total. The van der Waals surface area contributed by atoms with Crippen LogP contribution in [0.15, 0.2) is 22.7 Å². The number of carbonyl (C=O) groups excluding carboxylic acids is 1. The van der Waals surface area contributed by atoms with Crippen molar-refractivity contribution in [3.05, 3.63) is 34.1 Å². The van der Waals surface area contributed by atoms with Gasteiger partial charge < -0.3 is 10.6 Å². The Morgan fingerprint density at radius 2 is 2.37 bits per heavy atom. The van der Waals surface area contributed by atoms with Crippen LogP contribution in [-0.2, 0) is 0 Å². The summed E-state index contributed by atoms with van der Waals surface area (Å²) < 4.78 is 13.4. The third-order valence-electron chi connectivity index (χ3n) is 3.58. The maximum atomic E-state index is 13.1. The van der Waals surface area contributed by atoms with Crippen molar-refractivity contribution >= 4 is 21.8 Å². The van der Waals surface area contributed by atoms with Gasteiger partial charge in [0, 0.05) is 11.6 Å². The summed E-state index contributed by atoms with van der Waals surface area (Å²) in [5.74, 6) is -0.0542. The summed E-state index contributed by atoms with van der Waals surface area (Å²) in [5.41, 5.74) is 0.476. The quantitative estimate of drug-likeness (QED) is 0.895. The first-order valence-corrected chi connectivity index (χ1v) is 7.34. The van der Waals surface area contributed by atoms with Crippen molar-refractivity contribution in [3.8, 4) is 0 Å². The summed E-state index contributed by atoms with van der Waals surface area (Å²) in [5, 5.41) is 6.33. The molecule has 1 amide bonds. The van der Waals surface area contributed by atoms with Gasteiger partial charge in [-0.15, -0.1) is 0 Å². The lowest BCUT2D eigenvalue weighted by molar-refractivity contribution is 0.0922. The largest absolute Gasteiger partial charge is 0.349 e. The highest BCUT2D eigenvalue weighted by Gasteiger charge is 2.21. The van der Waals surface area contributed by atoms with E-state index in [2.05, 4.69) is 26.6 Å². The number of halogens is 2. The fraction of sp³-hybridized carbons (Fsp3) is 0.500. The molecule has 0 aliphatic carbocycles. The average molecular weight is 329 g/mol. The number of rotatable bonds is 3. The second-order valence-corrected chi connectivity index (χ2v) is 5.85. The molecule has 5 heteroatoms. The Hall–Kier alpha value is -0.940. The van der Waals surface area contributed by atoms with E-state index in [1.807, 2.05) is 6.92 Å². The monoisotopic (exact) mass is 328 g/mol. The molecule has 0 radical (unpaired) electrons. The number of piperidine rings is 1. The van der Waals surface area contributed by atoms with Crippen LogP contribution in [0.25, 0.3) is 0 Å². The van der Waals surface area contributed by atoms with Crippen molar-refractivity contribution in [1.29, 1.82) is 0 Å². The number of hydrogen-bond donors (Lipinski definition) is 2. The third-order valence-corrected chi connectivity index (χ3v) is 4.19. The molecule has 2 N–H and O–H groups in total. The highest BCUT2D eigenvalue weighted by atomic mass is 79.9. The Balaban J connectivity index is 1.97. The molecular weight excluding hydrogens is 311 g/mol. The van der Waals surface area contributed by atoms with Crippen LogP contribution in [0.3, 0.4) is 0 Å². The Labute approximate surface area is 121 Å². The van der Waals surface area contributed by atoms with Gasteiger partial charge in [0.25, 0.3) is 5.91 Å². The molecular formula is C14H18BrFN2O. The van der Waals surface area contributed by atoms with Crippen molar-refractivity contribution in [2.24, 2.45) is 5.92 Å². The molecule has 1 fully saturated rings. The molecule has 0 spiro atoms. The van der Waals surface area contributed by atoms with Crippen LogP contribution in [0.2, 0.25) is 0 Å². The van der Waals surface area contributed by atoms with Crippen LogP contribution in [0.1, 0.15) is 30.1 Å². The van der Waals surface area contributed by atoms with Gasteiger partial charge in [0.15, 0.2) is 0 Å². The van der Waals surface area contributed by atoms with Crippen molar-refractivity contribution < 1.29 is 9.18 Å². The zero-order chi connectivity index (χ0) is 13.8. The number of benzene rings is 1. The van der Waals surface area contributed by atoms with Gasteiger partial charge in [-0.2, -0.15) is 0 Å². The van der Waals surface area contributed by atoms with Crippen LogP contribution in [-0.4, -0.2) is 25.0 Å². The van der Waals surface area contributed by atoms with Gasteiger partial charge in [0.1, 0.15) is 5.82 Å². The van der Waals surface area contributed by atoms with Gasteiger partial charge in [0.05, 0.1) is 4.47 Å². The maximum Gasteiger partial charge on any atom is 0.251 e. The molecule has 1 heterocycles. The Morgan fingerprint density at radius 1 is 1.58 bits per heavy atom. The van der Waals surface area contributed by atoms with Gasteiger partial charge in [-0.05, 0) is 72.9 Å². The molecule has 0 bridgehead atoms. The summed E-state index contributed by atoms with van der Waals surface area (Å²) >= 11 is 3.09. The van der Waals surface area contributed by atoms with Gasteiger partial charge in [-0.1, -0.05) is 0 Å². The summed E-state index contributed by atoms with van der Waals surface area (Å²) in [7, 11) is 0. The van der Waals surface area contributed by atoms with E-state index in [1.54, 1.807) is 0 Å². The molecule has 1 aromatic carbocycles. The summed E-state index contributed by atoms with van der Waals surface area (Å²) in [6, 6.07) is 4.42. The van der Waals surface area contributed by atoms with Crippen LogP contribution in [0.5, 0.6) is 0 Å². The normalized spacial score (nSPS) is 20.9.